The minimum atomic E-state index is -1.73. The van der Waals surface area contributed by atoms with Gasteiger partial charge in [0.1, 0.15) is 5.84 Å². The van der Waals surface area contributed by atoms with Gasteiger partial charge >= 0.3 is 0 Å². The van der Waals surface area contributed by atoms with Gasteiger partial charge < -0.3 is 5.73 Å². The fraction of sp³-hybridized carbons (Fsp3) is 0.667. The third-order valence-corrected chi connectivity index (χ3v) is 1.76. The predicted octanol–water partition coefficient (Wildman–Crippen LogP) is -0.211. The Morgan fingerprint density at radius 3 is 2.55 bits per heavy atom. The van der Waals surface area contributed by atoms with E-state index in [1.807, 2.05) is 0 Å². The molecule has 0 spiro atoms. The lowest BCUT2D eigenvalue weighted by Crippen LogP contribution is -2.48. The van der Waals surface area contributed by atoms with Crippen LogP contribution in [0.1, 0.15) is 13.8 Å². The van der Waals surface area contributed by atoms with E-state index in [2.05, 4.69) is 9.98 Å². The molecule has 0 saturated carbocycles. The molecule has 1 heterocycles. The number of alkyl halides is 1. The van der Waals surface area contributed by atoms with Crippen molar-refractivity contribution in [3.63, 3.8) is 0 Å². The molecule has 0 amide bonds. The van der Waals surface area contributed by atoms with Gasteiger partial charge in [-0.15, -0.1) is 0 Å². The summed E-state index contributed by atoms with van der Waals surface area (Å²) in [4.78, 5) is 7.33. The highest BCUT2D eigenvalue weighted by molar-refractivity contribution is 6.13. The lowest BCUT2D eigenvalue weighted by Gasteiger charge is -2.24. The summed E-state index contributed by atoms with van der Waals surface area (Å²) in [6.07, 6.45) is -0.737. The summed E-state index contributed by atoms with van der Waals surface area (Å²) in [7, 11) is 0. The molecule has 11 heavy (non-hydrogen) atoms. The highest BCUT2D eigenvalue weighted by atomic mass is 19.1. The van der Waals surface area contributed by atoms with Crippen LogP contribution in [0.15, 0.2) is 9.98 Å². The minimum Gasteiger partial charge on any atom is -0.384 e. The van der Waals surface area contributed by atoms with Crippen molar-refractivity contribution in [1.29, 1.82) is 0 Å². The van der Waals surface area contributed by atoms with Crippen molar-refractivity contribution in [1.82, 2.24) is 0 Å². The van der Waals surface area contributed by atoms with Crippen molar-refractivity contribution >= 4 is 11.5 Å². The van der Waals surface area contributed by atoms with E-state index in [9.17, 15) is 4.39 Å². The maximum atomic E-state index is 13.4. The molecule has 2 atom stereocenters. The Morgan fingerprint density at radius 2 is 2.09 bits per heavy atom. The van der Waals surface area contributed by atoms with Crippen molar-refractivity contribution in [3.8, 4) is 0 Å². The maximum Gasteiger partial charge on any atom is 0.201 e. The monoisotopic (exact) mass is 158 g/mol. The molecule has 2 unspecified atom stereocenters. The summed E-state index contributed by atoms with van der Waals surface area (Å²) >= 11 is 0. The third-order valence-electron chi connectivity index (χ3n) is 1.76. The molecule has 0 fully saturated rings. The Hall–Kier alpha value is -0.970. The lowest BCUT2D eigenvalue weighted by molar-refractivity contribution is 0.366. The molecular weight excluding hydrogens is 147 g/mol. The van der Waals surface area contributed by atoms with Crippen LogP contribution in [0.5, 0.6) is 0 Å². The summed E-state index contributed by atoms with van der Waals surface area (Å²) in [6, 6.07) is 0. The number of hydrogen-bond donors (Lipinski definition) is 2. The van der Waals surface area contributed by atoms with E-state index in [0.717, 1.165) is 0 Å². The van der Waals surface area contributed by atoms with E-state index in [0.29, 0.717) is 0 Å². The first-order valence-corrected chi connectivity index (χ1v) is 3.27. The van der Waals surface area contributed by atoms with Crippen molar-refractivity contribution in [3.05, 3.63) is 0 Å². The van der Waals surface area contributed by atoms with Crippen LogP contribution in [-0.2, 0) is 0 Å². The average molecular weight is 158 g/mol. The van der Waals surface area contributed by atoms with Gasteiger partial charge in [-0.3, -0.25) is 5.73 Å². The summed E-state index contributed by atoms with van der Waals surface area (Å²) in [5.74, 6) is -0.0995. The zero-order chi connectivity index (χ0) is 8.65. The molecular formula is C6H11FN4. The highest BCUT2D eigenvalue weighted by Gasteiger charge is 2.35. The summed E-state index contributed by atoms with van der Waals surface area (Å²) < 4.78 is 13.4. The van der Waals surface area contributed by atoms with Gasteiger partial charge in [0.05, 0.1) is 5.71 Å². The fourth-order valence-corrected chi connectivity index (χ4v) is 0.798. The van der Waals surface area contributed by atoms with Gasteiger partial charge in [-0.25, -0.2) is 14.4 Å². The van der Waals surface area contributed by atoms with Crippen molar-refractivity contribution in [2.24, 2.45) is 21.5 Å². The standard InChI is InChI=1S/C6H11FN4/c1-3-6(2,7)4(8)11-5(9)10-3/h5H,9H2,1-2H3,(H2,8,11). The minimum absolute atomic E-state index is 0.0995. The molecule has 0 aromatic heterocycles. The lowest BCUT2D eigenvalue weighted by atomic mass is 10.0. The second kappa shape index (κ2) is 2.27. The molecule has 4 N–H and O–H groups in total. The van der Waals surface area contributed by atoms with Gasteiger partial charge in [0.15, 0.2) is 6.29 Å². The molecule has 5 heteroatoms. The Bertz CT molecular complexity index is 209. The van der Waals surface area contributed by atoms with Gasteiger partial charge in [0.2, 0.25) is 5.67 Å². The Morgan fingerprint density at radius 1 is 1.55 bits per heavy atom. The first-order chi connectivity index (χ1) is 4.94. The number of hydrogen-bond acceptors (Lipinski definition) is 4. The Balaban J connectivity index is 3.01. The molecule has 0 saturated heterocycles. The molecule has 0 radical (unpaired) electrons. The molecule has 0 bridgehead atoms. The van der Waals surface area contributed by atoms with Crippen LogP contribution in [0.4, 0.5) is 4.39 Å². The van der Waals surface area contributed by atoms with E-state index in [4.69, 9.17) is 11.5 Å². The van der Waals surface area contributed by atoms with Crippen molar-refractivity contribution in [2.75, 3.05) is 0 Å². The van der Waals surface area contributed by atoms with Crippen LogP contribution in [0.25, 0.3) is 0 Å². The number of amidine groups is 1. The first-order valence-electron chi connectivity index (χ1n) is 3.27. The van der Waals surface area contributed by atoms with Gasteiger partial charge in [-0.2, -0.15) is 0 Å². The normalized spacial score (nSPS) is 38.0. The molecule has 4 nitrogen and oxygen atoms in total. The molecule has 0 aromatic rings. The highest BCUT2D eigenvalue weighted by Crippen LogP contribution is 2.17. The first kappa shape index (κ1) is 8.13. The number of halogens is 1. The largest absolute Gasteiger partial charge is 0.384 e. The van der Waals surface area contributed by atoms with Crippen LogP contribution in [0.3, 0.4) is 0 Å². The average Bonchev–Trinajstić information content (AvgIpc) is 1.84. The van der Waals surface area contributed by atoms with Crippen LogP contribution in [0, 0.1) is 0 Å². The summed E-state index contributed by atoms with van der Waals surface area (Å²) in [5, 5.41) is 0. The topological polar surface area (TPSA) is 76.8 Å². The van der Waals surface area contributed by atoms with Crippen LogP contribution < -0.4 is 11.5 Å². The zero-order valence-electron chi connectivity index (χ0n) is 6.50. The van der Waals surface area contributed by atoms with E-state index in [1.54, 1.807) is 6.92 Å². The quantitative estimate of drug-likeness (QED) is 0.511. The van der Waals surface area contributed by atoms with Gasteiger partial charge in [0.25, 0.3) is 0 Å². The van der Waals surface area contributed by atoms with Crippen LogP contribution in [-0.4, -0.2) is 23.5 Å². The predicted molar refractivity (Wildman–Crippen MR) is 42.2 cm³/mol. The van der Waals surface area contributed by atoms with E-state index >= 15 is 0 Å². The van der Waals surface area contributed by atoms with Gasteiger partial charge in [0, 0.05) is 0 Å². The maximum absolute atomic E-state index is 13.4. The molecule has 1 rings (SSSR count). The number of nitrogens with zero attached hydrogens (tertiary/aromatic N) is 2. The Labute approximate surface area is 64.2 Å². The van der Waals surface area contributed by atoms with Crippen molar-refractivity contribution in [2.45, 2.75) is 25.8 Å². The molecule has 1 aliphatic rings. The van der Waals surface area contributed by atoms with Crippen molar-refractivity contribution < 1.29 is 4.39 Å². The van der Waals surface area contributed by atoms with Crippen LogP contribution >= 0.6 is 0 Å². The Kier molecular flexibility index (Phi) is 1.67. The second-order valence-corrected chi connectivity index (χ2v) is 2.65. The van der Waals surface area contributed by atoms with E-state index in [1.165, 1.54) is 6.92 Å². The van der Waals surface area contributed by atoms with E-state index < -0.39 is 12.0 Å². The number of rotatable bonds is 0. The summed E-state index contributed by atoms with van der Waals surface area (Å²) in [6.45, 7) is 2.86. The van der Waals surface area contributed by atoms with Crippen LogP contribution in [0.2, 0.25) is 0 Å². The fourth-order valence-electron chi connectivity index (χ4n) is 0.798. The molecule has 1 aliphatic heterocycles. The SMILES string of the molecule is CC1=NC(N)N=C(N)C1(C)F. The second-order valence-electron chi connectivity index (χ2n) is 2.65. The van der Waals surface area contributed by atoms with Gasteiger partial charge in [-0.1, -0.05) is 0 Å². The smallest absolute Gasteiger partial charge is 0.201 e. The van der Waals surface area contributed by atoms with E-state index in [-0.39, 0.29) is 11.5 Å². The third kappa shape index (κ3) is 1.23. The number of aliphatic imine (C=N–C) groups is 2. The zero-order valence-corrected chi connectivity index (χ0v) is 6.50. The molecule has 62 valence electrons. The number of nitrogens with two attached hydrogens (primary N) is 2. The molecule has 0 aromatic carbocycles. The molecule has 0 aliphatic carbocycles. The summed E-state index contributed by atoms with van der Waals surface area (Å²) in [5.41, 5.74) is 9.17. The van der Waals surface area contributed by atoms with Gasteiger partial charge in [-0.05, 0) is 13.8 Å².